The summed E-state index contributed by atoms with van der Waals surface area (Å²) in [6, 6.07) is 22.6. The van der Waals surface area contributed by atoms with Crippen LogP contribution in [0.15, 0.2) is 72.9 Å². The van der Waals surface area contributed by atoms with Crippen LogP contribution >= 0.6 is 0 Å². The van der Waals surface area contributed by atoms with Crippen molar-refractivity contribution in [3.05, 3.63) is 78.5 Å². The van der Waals surface area contributed by atoms with E-state index in [1.807, 2.05) is 42.6 Å². The van der Waals surface area contributed by atoms with Gasteiger partial charge in [0.2, 0.25) is 5.91 Å². The van der Waals surface area contributed by atoms with Gasteiger partial charge in [0.25, 0.3) is 0 Å². The number of amides is 1. The zero-order valence-corrected chi connectivity index (χ0v) is 35.9. The molecule has 1 aromatic heterocycles. The molecule has 3 aromatic carbocycles. The van der Waals surface area contributed by atoms with E-state index in [-0.39, 0.29) is 23.3 Å². The quantitative estimate of drug-likeness (QED) is 0.0673. The van der Waals surface area contributed by atoms with Crippen molar-refractivity contribution in [1.82, 2.24) is 9.88 Å². The van der Waals surface area contributed by atoms with Crippen LogP contribution in [0.3, 0.4) is 0 Å². The zero-order valence-electron chi connectivity index (χ0n) is 35.1. The molecule has 4 heterocycles. The van der Waals surface area contributed by atoms with Gasteiger partial charge in [-0.2, -0.15) is 0 Å². The number of carbonyl (C=O) groups excluding carboxylic acids is 1. The molecule has 3 aliphatic rings. The highest BCUT2D eigenvalue weighted by Gasteiger charge is 2.44. The lowest BCUT2D eigenvalue weighted by atomic mass is 9.72. The molecule has 3 unspecified atom stereocenters. The Balaban J connectivity index is 1.07. The number of benzene rings is 3. The highest BCUT2D eigenvalue weighted by molar-refractivity contribution is 7.80. The highest BCUT2D eigenvalue weighted by atomic mass is 32.2. The number of piperidine rings is 3. The lowest BCUT2D eigenvalue weighted by molar-refractivity contribution is -0.116. The Morgan fingerprint density at radius 2 is 1.58 bits per heavy atom. The number of unbranched alkanes of at least 4 members (excludes halogenated alkanes) is 11. The molecule has 8 heteroatoms. The Bertz CT molecular complexity index is 1860. The number of pyridine rings is 1. The van der Waals surface area contributed by atoms with Gasteiger partial charge in [-0.15, -0.1) is 0 Å². The van der Waals surface area contributed by atoms with E-state index in [0.29, 0.717) is 12.3 Å². The maximum absolute atomic E-state index is 14.7. The average molecular weight is 796 g/mol. The average Bonchev–Trinajstić information content (AvgIpc) is 3.25. The topological polar surface area (TPSA) is 80.8 Å². The van der Waals surface area contributed by atoms with Crippen molar-refractivity contribution in [3.63, 3.8) is 0 Å². The van der Waals surface area contributed by atoms with Crippen molar-refractivity contribution in [2.24, 2.45) is 11.8 Å². The van der Waals surface area contributed by atoms with Crippen LogP contribution < -0.4 is 10.1 Å². The molecule has 1 N–H and O–H groups in total. The Morgan fingerprint density at radius 3 is 2.30 bits per heavy atom. The number of carbonyl (C=O) groups is 1. The van der Waals surface area contributed by atoms with Crippen LogP contribution in [0.25, 0.3) is 21.7 Å². The first-order valence-corrected chi connectivity index (χ1v) is 23.6. The first-order chi connectivity index (χ1) is 28.0. The first kappa shape index (κ1) is 43.3. The van der Waals surface area contributed by atoms with E-state index in [4.69, 9.17) is 13.9 Å². The number of fused-ring (bicyclic) bond motifs is 5. The van der Waals surface area contributed by atoms with Crippen molar-refractivity contribution >= 4 is 44.4 Å². The van der Waals surface area contributed by atoms with E-state index >= 15 is 0 Å². The van der Waals surface area contributed by atoms with Crippen molar-refractivity contribution in [2.75, 3.05) is 25.5 Å². The molecule has 7 atom stereocenters. The third kappa shape index (κ3) is 12.1. The molecule has 310 valence electrons. The summed E-state index contributed by atoms with van der Waals surface area (Å²) in [5.74, 6) is 2.28. The van der Waals surface area contributed by atoms with Gasteiger partial charge in [-0.05, 0) is 91.8 Å². The smallest absolute Gasteiger partial charge is 0.224 e. The van der Waals surface area contributed by atoms with Crippen LogP contribution in [0, 0.1) is 11.8 Å². The zero-order chi connectivity index (χ0) is 39.8. The minimum Gasteiger partial charge on any atom is -0.497 e. The molecule has 0 saturated carbocycles. The molecule has 0 radical (unpaired) electrons. The van der Waals surface area contributed by atoms with Gasteiger partial charge >= 0.3 is 0 Å². The Morgan fingerprint density at radius 1 is 0.860 bits per heavy atom. The van der Waals surface area contributed by atoms with Crippen LogP contribution in [0.2, 0.25) is 0 Å². The van der Waals surface area contributed by atoms with Crippen LogP contribution in [-0.2, 0) is 20.1 Å². The molecule has 3 fully saturated rings. The fraction of sp³-hybridized carbons (Fsp3) is 0.592. The summed E-state index contributed by atoms with van der Waals surface area (Å²) in [5.41, 5.74) is 2.87. The van der Waals surface area contributed by atoms with Gasteiger partial charge in [0.15, 0.2) is 11.1 Å². The number of rotatable bonds is 25. The van der Waals surface area contributed by atoms with Gasteiger partial charge in [0.05, 0.1) is 17.9 Å². The summed E-state index contributed by atoms with van der Waals surface area (Å²) < 4.78 is 27.3. The van der Waals surface area contributed by atoms with Crippen molar-refractivity contribution in [2.45, 2.75) is 153 Å². The van der Waals surface area contributed by atoms with Gasteiger partial charge in [-0.3, -0.25) is 18.9 Å². The SMILES string of the molecule is CCCCCCCCCCC(CCCCCCCC(=O)Nc1cccc2ccccc12)S(=O)O[C@H](c1ccnc2ccc(OC)cc12)[C@@H]1C[C@@H]2CCN1C[C@@H]2CC. The fourth-order valence-corrected chi connectivity index (χ4v) is 10.9. The lowest BCUT2D eigenvalue weighted by Gasteiger charge is -2.52. The predicted molar refractivity (Wildman–Crippen MR) is 238 cm³/mol. The molecular weight excluding hydrogens is 727 g/mol. The minimum absolute atomic E-state index is 0.000806. The summed E-state index contributed by atoms with van der Waals surface area (Å²) in [4.78, 5) is 20.2. The molecule has 1 amide bonds. The number of nitrogens with zero attached hydrogens (tertiary/aromatic N) is 2. The number of aromatic nitrogens is 1. The first-order valence-electron chi connectivity index (χ1n) is 22.5. The van der Waals surface area contributed by atoms with Gasteiger partial charge in [-0.25, -0.2) is 4.21 Å². The van der Waals surface area contributed by atoms with E-state index in [1.54, 1.807) is 7.11 Å². The maximum atomic E-state index is 14.7. The van der Waals surface area contributed by atoms with E-state index in [2.05, 4.69) is 54.4 Å². The number of hydrogen-bond acceptors (Lipinski definition) is 6. The van der Waals surface area contributed by atoms with Gasteiger partial charge < -0.3 is 10.1 Å². The number of nitrogens with one attached hydrogen (secondary N) is 1. The Kier molecular flexibility index (Phi) is 17.2. The standard InChI is InChI=1S/C49H69N3O4S/c1-4-6-7-8-9-10-12-15-23-41(24-16-13-11-14-17-27-48(53)51-46-26-20-22-38-21-18-19-25-42(38)46)57(54)56-49(47-34-39-31-33-52(47)36-37(39)5-2)43-30-32-50-45-29-28-40(55-3)35-44(43)45/h18-22,25-26,28-30,32,35,37,39,41,47,49H,4-17,23-24,27,31,33-34,36H2,1-3H3,(H,51,53)/t37-,39-,41?,47-,49+,57?/m0/s1. The van der Waals surface area contributed by atoms with E-state index in [9.17, 15) is 9.00 Å². The van der Waals surface area contributed by atoms with Crippen LogP contribution in [0.4, 0.5) is 5.69 Å². The Hall–Kier alpha value is -3.33. The molecule has 0 aliphatic carbocycles. The minimum atomic E-state index is -1.44. The summed E-state index contributed by atoms with van der Waals surface area (Å²) in [7, 11) is 1.71. The van der Waals surface area contributed by atoms with Crippen LogP contribution in [-0.4, -0.2) is 51.5 Å². The Labute approximate surface area is 345 Å². The number of hydrogen-bond donors (Lipinski definition) is 1. The summed E-state index contributed by atoms with van der Waals surface area (Å²) in [6.45, 7) is 6.77. The summed E-state index contributed by atoms with van der Waals surface area (Å²) in [6.07, 6.45) is 22.6. The second-order valence-corrected chi connectivity index (χ2v) is 18.2. The van der Waals surface area contributed by atoms with Crippen molar-refractivity contribution in [1.29, 1.82) is 0 Å². The third-order valence-electron chi connectivity index (χ3n) is 12.9. The van der Waals surface area contributed by atoms with Crippen LogP contribution in [0.1, 0.15) is 148 Å². The highest BCUT2D eigenvalue weighted by Crippen LogP contribution is 2.45. The molecule has 0 spiro atoms. The fourth-order valence-electron chi connectivity index (χ4n) is 9.56. The van der Waals surface area contributed by atoms with E-state index in [0.717, 1.165) is 115 Å². The second kappa shape index (κ2) is 22.7. The largest absolute Gasteiger partial charge is 0.497 e. The molecule has 7 nitrogen and oxygen atoms in total. The lowest BCUT2D eigenvalue weighted by Crippen LogP contribution is -2.55. The summed E-state index contributed by atoms with van der Waals surface area (Å²) >= 11 is -1.44. The second-order valence-electron chi connectivity index (χ2n) is 16.8. The van der Waals surface area contributed by atoms with Gasteiger partial charge in [0, 0.05) is 41.7 Å². The maximum Gasteiger partial charge on any atom is 0.224 e. The van der Waals surface area contributed by atoms with E-state index in [1.165, 1.54) is 57.8 Å². The number of anilines is 1. The van der Waals surface area contributed by atoms with Crippen molar-refractivity contribution in [3.8, 4) is 5.75 Å². The van der Waals surface area contributed by atoms with E-state index < -0.39 is 11.1 Å². The number of methoxy groups -OCH3 is 1. The monoisotopic (exact) mass is 796 g/mol. The third-order valence-corrected chi connectivity index (χ3v) is 14.4. The molecule has 4 aromatic rings. The number of ether oxygens (including phenoxy) is 1. The molecular formula is C49H69N3O4S. The van der Waals surface area contributed by atoms with Crippen molar-refractivity contribution < 1.29 is 17.9 Å². The van der Waals surface area contributed by atoms with Crippen LogP contribution in [0.5, 0.6) is 5.75 Å². The molecule has 3 aliphatic heterocycles. The predicted octanol–water partition coefficient (Wildman–Crippen LogP) is 12.5. The normalized spacial score (nSPS) is 20.8. The summed E-state index contributed by atoms with van der Waals surface area (Å²) in [5, 5.41) is 6.37. The molecule has 2 bridgehead atoms. The molecule has 7 rings (SSSR count). The van der Waals surface area contributed by atoms with Gasteiger partial charge in [0.1, 0.15) is 11.9 Å². The molecule has 3 saturated heterocycles. The molecule has 57 heavy (non-hydrogen) atoms. The van der Waals surface area contributed by atoms with Gasteiger partial charge in [-0.1, -0.05) is 134 Å².